The van der Waals surface area contributed by atoms with E-state index in [-0.39, 0.29) is 19.0 Å². The van der Waals surface area contributed by atoms with E-state index in [2.05, 4.69) is 11.8 Å². The van der Waals surface area contributed by atoms with E-state index in [9.17, 15) is 4.39 Å². The number of halogens is 1. The molecule has 0 unspecified atom stereocenters. The molecular weight excluding hydrogens is 221 g/mol. The first-order valence-corrected chi connectivity index (χ1v) is 5.34. The molecule has 0 aromatic heterocycles. The Kier molecular flexibility index (Phi) is 5.64. The number of hydrogen-bond donors (Lipinski definition) is 2. The highest BCUT2D eigenvalue weighted by Crippen LogP contribution is 2.10. The van der Waals surface area contributed by atoms with Crippen LogP contribution < -0.4 is 0 Å². The molecule has 0 aliphatic carbocycles. The second-order valence-electron chi connectivity index (χ2n) is 3.77. The van der Waals surface area contributed by atoms with Crippen LogP contribution in [0.1, 0.15) is 11.1 Å². The molecule has 1 rings (SSSR count). The van der Waals surface area contributed by atoms with Crippen LogP contribution in [0.5, 0.6) is 0 Å². The summed E-state index contributed by atoms with van der Waals surface area (Å²) in [5, 5.41) is 17.4. The Morgan fingerprint density at radius 1 is 1.29 bits per heavy atom. The topological polar surface area (TPSA) is 43.7 Å². The minimum Gasteiger partial charge on any atom is -0.395 e. The minimum absolute atomic E-state index is 0.0724. The average molecular weight is 237 g/mol. The molecule has 1 aromatic carbocycles. The van der Waals surface area contributed by atoms with Gasteiger partial charge in [-0.25, -0.2) is 4.39 Å². The molecule has 0 spiro atoms. The minimum atomic E-state index is -0.345. The summed E-state index contributed by atoms with van der Waals surface area (Å²) in [6.45, 7) is 0.916. The van der Waals surface area contributed by atoms with E-state index in [4.69, 9.17) is 10.2 Å². The molecule has 0 heterocycles. The van der Waals surface area contributed by atoms with Gasteiger partial charge in [0.15, 0.2) is 0 Å². The van der Waals surface area contributed by atoms with Crippen LogP contribution in [-0.4, -0.2) is 41.9 Å². The summed E-state index contributed by atoms with van der Waals surface area (Å²) in [7, 11) is 1.85. The Balaban J connectivity index is 2.82. The monoisotopic (exact) mass is 237 g/mol. The zero-order chi connectivity index (χ0) is 12.7. The van der Waals surface area contributed by atoms with Gasteiger partial charge in [0.25, 0.3) is 0 Å². The van der Waals surface area contributed by atoms with Crippen molar-refractivity contribution in [3.8, 4) is 11.8 Å². The van der Waals surface area contributed by atoms with Crippen LogP contribution in [0.2, 0.25) is 0 Å². The maximum atomic E-state index is 13.3. The predicted octanol–water partition coefficient (Wildman–Crippen LogP) is 0.594. The summed E-state index contributed by atoms with van der Waals surface area (Å²) >= 11 is 0. The molecule has 2 N–H and O–H groups in total. The first-order valence-electron chi connectivity index (χ1n) is 5.34. The van der Waals surface area contributed by atoms with Crippen LogP contribution in [0.4, 0.5) is 4.39 Å². The quantitative estimate of drug-likeness (QED) is 0.753. The number of rotatable bonds is 4. The summed E-state index contributed by atoms with van der Waals surface area (Å²) < 4.78 is 13.3. The fraction of sp³-hybridized carbons (Fsp3) is 0.385. The van der Waals surface area contributed by atoms with Crippen molar-refractivity contribution in [3.05, 3.63) is 35.1 Å². The van der Waals surface area contributed by atoms with Crippen LogP contribution >= 0.6 is 0 Å². The van der Waals surface area contributed by atoms with Gasteiger partial charge < -0.3 is 10.2 Å². The van der Waals surface area contributed by atoms with Crippen molar-refractivity contribution in [1.29, 1.82) is 0 Å². The Morgan fingerprint density at radius 3 is 2.71 bits per heavy atom. The van der Waals surface area contributed by atoms with Crippen LogP contribution in [0.25, 0.3) is 0 Å². The largest absolute Gasteiger partial charge is 0.395 e. The van der Waals surface area contributed by atoms with Gasteiger partial charge in [0, 0.05) is 18.7 Å². The molecule has 0 amide bonds. The maximum absolute atomic E-state index is 13.3. The lowest BCUT2D eigenvalue weighted by molar-refractivity contribution is 0.217. The van der Waals surface area contributed by atoms with E-state index in [1.165, 1.54) is 12.1 Å². The predicted molar refractivity (Wildman–Crippen MR) is 63.8 cm³/mol. The molecule has 0 saturated carbocycles. The van der Waals surface area contributed by atoms with Gasteiger partial charge in [-0.15, -0.1) is 0 Å². The molecule has 3 nitrogen and oxygen atoms in total. The van der Waals surface area contributed by atoms with Gasteiger partial charge in [-0.1, -0.05) is 11.8 Å². The number of aliphatic hydroxyl groups is 2. The highest BCUT2D eigenvalue weighted by molar-refractivity contribution is 5.37. The summed E-state index contributed by atoms with van der Waals surface area (Å²) in [6.07, 6.45) is 0. The Bertz CT molecular complexity index is 423. The van der Waals surface area contributed by atoms with E-state index in [1.807, 2.05) is 11.9 Å². The molecular formula is C13H16FNO2. The number of hydrogen-bond acceptors (Lipinski definition) is 3. The van der Waals surface area contributed by atoms with Crippen LogP contribution in [0.3, 0.4) is 0 Å². The lowest BCUT2D eigenvalue weighted by Gasteiger charge is -2.15. The zero-order valence-electron chi connectivity index (χ0n) is 9.78. The molecule has 17 heavy (non-hydrogen) atoms. The average Bonchev–Trinajstić information content (AvgIpc) is 2.25. The molecule has 0 radical (unpaired) electrons. The molecule has 0 aliphatic heterocycles. The molecule has 0 fully saturated rings. The van der Waals surface area contributed by atoms with Crippen molar-refractivity contribution in [3.63, 3.8) is 0 Å². The van der Waals surface area contributed by atoms with Crippen LogP contribution in [-0.2, 0) is 6.54 Å². The fourth-order valence-electron chi connectivity index (χ4n) is 1.52. The first kappa shape index (κ1) is 13.7. The molecule has 4 heteroatoms. The molecule has 0 aliphatic rings. The summed E-state index contributed by atoms with van der Waals surface area (Å²) in [6, 6.07) is 4.55. The highest BCUT2D eigenvalue weighted by Gasteiger charge is 2.03. The Labute approximate surface area is 100 Å². The third-order valence-corrected chi connectivity index (χ3v) is 2.20. The van der Waals surface area contributed by atoms with Crippen molar-refractivity contribution in [2.45, 2.75) is 6.54 Å². The van der Waals surface area contributed by atoms with Gasteiger partial charge in [-0.05, 0) is 30.8 Å². The van der Waals surface area contributed by atoms with E-state index >= 15 is 0 Å². The standard InChI is InChI=1S/C13H16FNO2/c1-15(4-6-17)10-12-7-11(3-2-5-16)8-13(14)9-12/h7-9,16-17H,4-6,10H2,1H3. The van der Waals surface area contributed by atoms with Gasteiger partial charge in [-0.3, -0.25) is 4.90 Å². The lowest BCUT2D eigenvalue weighted by atomic mass is 10.1. The van der Waals surface area contributed by atoms with Gasteiger partial charge in [0.2, 0.25) is 0 Å². The summed E-state index contributed by atoms with van der Waals surface area (Å²) in [5.74, 6) is 4.81. The van der Waals surface area contributed by atoms with Gasteiger partial charge in [-0.2, -0.15) is 0 Å². The van der Waals surface area contributed by atoms with E-state index in [1.54, 1.807) is 6.07 Å². The number of likely N-dealkylation sites (N-methyl/N-ethyl adjacent to an activating group) is 1. The fourth-order valence-corrected chi connectivity index (χ4v) is 1.52. The Hall–Kier alpha value is -1.41. The van der Waals surface area contributed by atoms with Crippen molar-refractivity contribution in [1.82, 2.24) is 4.90 Å². The van der Waals surface area contributed by atoms with Crippen molar-refractivity contribution < 1.29 is 14.6 Å². The molecule has 92 valence electrons. The highest BCUT2D eigenvalue weighted by atomic mass is 19.1. The molecule has 0 atom stereocenters. The molecule has 1 aromatic rings. The number of aliphatic hydroxyl groups excluding tert-OH is 2. The third kappa shape index (κ3) is 4.96. The summed E-state index contributed by atoms with van der Waals surface area (Å²) in [4.78, 5) is 1.89. The third-order valence-electron chi connectivity index (χ3n) is 2.20. The van der Waals surface area contributed by atoms with Gasteiger partial charge in [0.1, 0.15) is 12.4 Å². The van der Waals surface area contributed by atoms with Crippen molar-refractivity contribution >= 4 is 0 Å². The van der Waals surface area contributed by atoms with Gasteiger partial charge in [0.05, 0.1) is 6.61 Å². The van der Waals surface area contributed by atoms with E-state index in [0.717, 1.165) is 5.56 Å². The second-order valence-corrected chi connectivity index (χ2v) is 3.77. The van der Waals surface area contributed by atoms with Gasteiger partial charge >= 0.3 is 0 Å². The van der Waals surface area contributed by atoms with Crippen LogP contribution in [0.15, 0.2) is 18.2 Å². The van der Waals surface area contributed by atoms with Crippen molar-refractivity contribution in [2.24, 2.45) is 0 Å². The summed E-state index contributed by atoms with van der Waals surface area (Å²) in [5.41, 5.74) is 1.34. The number of nitrogens with zero attached hydrogens (tertiary/aromatic N) is 1. The van der Waals surface area contributed by atoms with E-state index in [0.29, 0.717) is 18.7 Å². The maximum Gasteiger partial charge on any atom is 0.124 e. The SMILES string of the molecule is CN(CCO)Cc1cc(F)cc(C#CCO)c1. The first-order chi connectivity index (χ1) is 8.15. The lowest BCUT2D eigenvalue weighted by Crippen LogP contribution is -2.21. The van der Waals surface area contributed by atoms with E-state index < -0.39 is 0 Å². The van der Waals surface area contributed by atoms with Crippen molar-refractivity contribution in [2.75, 3.05) is 26.8 Å². The Morgan fingerprint density at radius 2 is 2.06 bits per heavy atom. The smallest absolute Gasteiger partial charge is 0.124 e. The number of benzene rings is 1. The van der Waals surface area contributed by atoms with Crippen LogP contribution in [0, 0.1) is 17.7 Å². The normalized spacial score (nSPS) is 10.2. The molecule has 0 saturated heterocycles. The molecule has 0 bridgehead atoms. The zero-order valence-corrected chi connectivity index (χ0v) is 9.78. The second kappa shape index (κ2) is 7.02.